The summed E-state index contributed by atoms with van der Waals surface area (Å²) in [6.07, 6.45) is 6.48. The summed E-state index contributed by atoms with van der Waals surface area (Å²) in [4.78, 5) is 13.7. The van der Waals surface area contributed by atoms with Gasteiger partial charge in [0.05, 0.1) is 6.61 Å². The number of β-amino-alcohol motifs (C(OH)–C–C–N with tert-alkyl or cyclic N) is 1. The summed E-state index contributed by atoms with van der Waals surface area (Å²) in [5.74, 6) is 1.16. The Morgan fingerprint density at radius 2 is 1.84 bits per heavy atom. The topological polar surface area (TPSA) is 52.5 Å². The van der Waals surface area contributed by atoms with Crippen molar-refractivity contribution in [3.8, 4) is 0 Å². The molecule has 1 aliphatic carbocycles. The lowest BCUT2D eigenvalue weighted by Crippen LogP contribution is -2.47. The monoisotopic (exact) mass is 262 g/mol. The van der Waals surface area contributed by atoms with E-state index < -0.39 is 0 Å². The number of hydrogen-bond acceptors (Lipinski definition) is 5. The van der Waals surface area contributed by atoms with Crippen molar-refractivity contribution >= 4 is 5.82 Å². The molecule has 0 amide bonds. The molecule has 1 aromatic heterocycles. The first-order chi connectivity index (χ1) is 9.38. The van der Waals surface area contributed by atoms with Crippen molar-refractivity contribution in [2.75, 3.05) is 44.2 Å². The maximum Gasteiger partial charge on any atom is 0.135 e. The van der Waals surface area contributed by atoms with Crippen molar-refractivity contribution in [1.82, 2.24) is 14.9 Å². The van der Waals surface area contributed by atoms with E-state index in [1.165, 1.54) is 24.1 Å². The Labute approximate surface area is 114 Å². The zero-order chi connectivity index (χ0) is 13.1. The summed E-state index contributed by atoms with van der Waals surface area (Å²) in [5.41, 5.74) is 2.64. The molecule has 2 heterocycles. The number of aliphatic hydroxyl groups is 1. The van der Waals surface area contributed by atoms with E-state index in [-0.39, 0.29) is 6.61 Å². The highest BCUT2D eigenvalue weighted by Crippen LogP contribution is 2.27. The van der Waals surface area contributed by atoms with Crippen molar-refractivity contribution in [2.24, 2.45) is 0 Å². The number of aryl methyl sites for hydroxylation is 1. The molecule has 0 unspecified atom stereocenters. The molecule has 1 N–H and O–H groups in total. The number of piperazine rings is 1. The maximum absolute atomic E-state index is 8.98. The third-order valence-corrected chi connectivity index (χ3v) is 4.19. The Bertz CT molecular complexity index is 429. The van der Waals surface area contributed by atoms with Crippen molar-refractivity contribution in [2.45, 2.75) is 25.7 Å². The van der Waals surface area contributed by atoms with Crippen LogP contribution < -0.4 is 4.90 Å². The Balaban J connectivity index is 1.73. The molecule has 19 heavy (non-hydrogen) atoms. The van der Waals surface area contributed by atoms with Gasteiger partial charge >= 0.3 is 0 Å². The average molecular weight is 262 g/mol. The smallest absolute Gasteiger partial charge is 0.135 e. The quantitative estimate of drug-likeness (QED) is 0.858. The van der Waals surface area contributed by atoms with Crippen LogP contribution in [0.3, 0.4) is 0 Å². The minimum Gasteiger partial charge on any atom is -0.395 e. The Kier molecular flexibility index (Phi) is 3.94. The molecule has 2 aliphatic rings. The minimum absolute atomic E-state index is 0.253. The van der Waals surface area contributed by atoms with Gasteiger partial charge in [-0.1, -0.05) is 0 Å². The summed E-state index contributed by atoms with van der Waals surface area (Å²) in [6, 6.07) is 0. The Hall–Kier alpha value is -1.20. The highest BCUT2D eigenvalue weighted by molar-refractivity contribution is 5.49. The van der Waals surface area contributed by atoms with Crippen molar-refractivity contribution in [1.29, 1.82) is 0 Å². The largest absolute Gasteiger partial charge is 0.395 e. The van der Waals surface area contributed by atoms with Gasteiger partial charge in [0, 0.05) is 44.0 Å². The zero-order valence-electron chi connectivity index (χ0n) is 11.4. The van der Waals surface area contributed by atoms with Crippen LogP contribution in [0.25, 0.3) is 0 Å². The highest BCUT2D eigenvalue weighted by Gasteiger charge is 2.23. The molecular formula is C14H22N4O. The zero-order valence-corrected chi connectivity index (χ0v) is 11.4. The van der Waals surface area contributed by atoms with Gasteiger partial charge in [-0.05, 0) is 25.7 Å². The molecule has 5 nitrogen and oxygen atoms in total. The van der Waals surface area contributed by atoms with E-state index in [1.54, 1.807) is 6.33 Å². The molecule has 5 heteroatoms. The third-order valence-electron chi connectivity index (χ3n) is 4.19. The Morgan fingerprint density at radius 3 is 2.63 bits per heavy atom. The van der Waals surface area contributed by atoms with Crippen LogP contribution in [0.15, 0.2) is 6.33 Å². The lowest BCUT2D eigenvalue weighted by atomic mass is 9.96. The van der Waals surface area contributed by atoms with Crippen molar-refractivity contribution in [3.63, 3.8) is 0 Å². The van der Waals surface area contributed by atoms with Crippen molar-refractivity contribution in [3.05, 3.63) is 17.6 Å². The predicted molar refractivity (Wildman–Crippen MR) is 74.4 cm³/mol. The Morgan fingerprint density at radius 1 is 1.05 bits per heavy atom. The third kappa shape index (κ3) is 2.72. The van der Waals surface area contributed by atoms with E-state index in [0.29, 0.717) is 0 Å². The lowest BCUT2D eigenvalue weighted by Gasteiger charge is -2.36. The van der Waals surface area contributed by atoms with E-state index in [4.69, 9.17) is 5.11 Å². The van der Waals surface area contributed by atoms with Crippen LogP contribution in [-0.4, -0.2) is 59.3 Å². The minimum atomic E-state index is 0.253. The van der Waals surface area contributed by atoms with E-state index >= 15 is 0 Å². The van der Waals surface area contributed by atoms with Crippen LogP contribution in [0.4, 0.5) is 5.82 Å². The first-order valence-corrected chi connectivity index (χ1v) is 7.29. The van der Waals surface area contributed by atoms with Gasteiger partial charge in [-0.15, -0.1) is 0 Å². The first kappa shape index (κ1) is 12.8. The highest BCUT2D eigenvalue weighted by atomic mass is 16.3. The van der Waals surface area contributed by atoms with Crippen LogP contribution in [0.2, 0.25) is 0 Å². The fourth-order valence-electron chi connectivity index (χ4n) is 3.10. The van der Waals surface area contributed by atoms with Gasteiger partial charge in [-0.25, -0.2) is 9.97 Å². The first-order valence-electron chi connectivity index (χ1n) is 7.29. The molecule has 0 radical (unpaired) electrons. The number of anilines is 1. The number of aliphatic hydroxyl groups excluding tert-OH is 1. The second-order valence-corrected chi connectivity index (χ2v) is 5.38. The van der Waals surface area contributed by atoms with Gasteiger partial charge in [0.2, 0.25) is 0 Å². The molecule has 0 atom stereocenters. The second kappa shape index (κ2) is 5.84. The molecule has 0 spiro atoms. The number of fused-ring (bicyclic) bond motifs is 1. The second-order valence-electron chi connectivity index (χ2n) is 5.38. The van der Waals surface area contributed by atoms with Gasteiger partial charge in [0.15, 0.2) is 0 Å². The van der Waals surface area contributed by atoms with Crippen LogP contribution >= 0.6 is 0 Å². The SMILES string of the molecule is OCCN1CCN(c2ncnc3c2CCCC3)CC1. The normalized spacial score (nSPS) is 20.4. The number of hydrogen-bond donors (Lipinski definition) is 1. The summed E-state index contributed by atoms with van der Waals surface area (Å²) in [5, 5.41) is 8.98. The molecule has 3 rings (SSSR count). The van der Waals surface area contributed by atoms with Gasteiger partial charge in [-0.2, -0.15) is 0 Å². The van der Waals surface area contributed by atoms with E-state index in [0.717, 1.165) is 51.4 Å². The van der Waals surface area contributed by atoms with Gasteiger partial charge in [-0.3, -0.25) is 4.90 Å². The van der Waals surface area contributed by atoms with E-state index in [1.807, 2.05) is 0 Å². The molecule has 0 saturated carbocycles. The predicted octanol–water partition coefficient (Wildman–Crippen LogP) is 0.470. The number of aromatic nitrogens is 2. The molecule has 0 bridgehead atoms. The summed E-state index contributed by atoms with van der Waals surface area (Å²) < 4.78 is 0. The maximum atomic E-state index is 8.98. The number of rotatable bonds is 3. The standard InChI is InChI=1S/C14H22N4O/c19-10-9-17-5-7-18(8-6-17)14-12-3-1-2-4-13(12)15-11-16-14/h11,19H,1-10H2. The molecule has 1 aromatic rings. The fourth-order valence-corrected chi connectivity index (χ4v) is 3.10. The summed E-state index contributed by atoms with van der Waals surface area (Å²) >= 11 is 0. The van der Waals surface area contributed by atoms with Crippen LogP contribution in [0.1, 0.15) is 24.1 Å². The van der Waals surface area contributed by atoms with Crippen molar-refractivity contribution < 1.29 is 5.11 Å². The van der Waals surface area contributed by atoms with Gasteiger partial charge in [0.25, 0.3) is 0 Å². The van der Waals surface area contributed by atoms with E-state index in [9.17, 15) is 0 Å². The van der Waals surface area contributed by atoms with E-state index in [2.05, 4.69) is 19.8 Å². The molecule has 1 aliphatic heterocycles. The summed E-state index contributed by atoms with van der Waals surface area (Å²) in [6.45, 7) is 5.07. The van der Waals surface area contributed by atoms with Crippen LogP contribution in [0.5, 0.6) is 0 Å². The molecule has 1 fully saturated rings. The lowest BCUT2D eigenvalue weighted by molar-refractivity contribution is 0.188. The summed E-state index contributed by atoms with van der Waals surface area (Å²) in [7, 11) is 0. The van der Waals surface area contributed by atoms with Crippen LogP contribution in [0, 0.1) is 0 Å². The van der Waals surface area contributed by atoms with Gasteiger partial charge in [0.1, 0.15) is 12.1 Å². The number of nitrogens with zero attached hydrogens (tertiary/aromatic N) is 4. The average Bonchev–Trinajstić information content (AvgIpc) is 2.48. The molecule has 1 saturated heterocycles. The molecule has 104 valence electrons. The molecule has 0 aromatic carbocycles. The fraction of sp³-hybridized carbons (Fsp3) is 0.714. The van der Waals surface area contributed by atoms with Crippen LogP contribution in [-0.2, 0) is 12.8 Å². The van der Waals surface area contributed by atoms with Gasteiger partial charge < -0.3 is 10.0 Å². The molecular weight excluding hydrogens is 240 g/mol.